The number of aromatic nitrogens is 2. The van der Waals surface area contributed by atoms with Gasteiger partial charge in [0.25, 0.3) is 0 Å². The number of anilines is 2. The topological polar surface area (TPSA) is 80.7 Å². The predicted octanol–water partition coefficient (Wildman–Crippen LogP) is 5.36. The van der Waals surface area contributed by atoms with Crippen LogP contribution in [0, 0.1) is 14.9 Å². The first kappa shape index (κ1) is 35.8. The molecule has 0 bridgehead atoms. The third-order valence-corrected chi connectivity index (χ3v) is 2.32. The van der Waals surface area contributed by atoms with Gasteiger partial charge in [0.1, 0.15) is 0 Å². The molecule has 0 aliphatic carbocycles. The molecule has 25 heavy (non-hydrogen) atoms. The Bertz CT molecular complexity index is 562. The molecule has 2 radical (unpaired) electrons. The molecule has 136 valence electrons. The number of nitrogens with two attached hydrogens (primary N) is 2. The summed E-state index contributed by atoms with van der Waals surface area (Å²) in [5.74, 6) is 0. The van der Waals surface area contributed by atoms with Crippen molar-refractivity contribution in [1.82, 2.24) is 9.97 Å². The molecule has 0 atom stereocenters. The van der Waals surface area contributed by atoms with Crippen molar-refractivity contribution in [2.75, 3.05) is 11.5 Å². The summed E-state index contributed by atoms with van der Waals surface area (Å²) in [7, 11) is 0. The summed E-state index contributed by atoms with van der Waals surface area (Å²) in [4.78, 5) is 7.07. The molecule has 0 aliphatic heterocycles. The number of benzene rings is 2. The van der Waals surface area contributed by atoms with Gasteiger partial charge in [-0.1, -0.05) is 52.0 Å². The summed E-state index contributed by atoms with van der Waals surface area (Å²) in [6, 6.07) is 15.2. The summed E-state index contributed by atoms with van der Waals surface area (Å²) in [5, 5.41) is 0. The minimum Gasteiger partial charge on any atom is -0.397 e. The van der Waals surface area contributed by atoms with Crippen molar-refractivity contribution in [3.63, 3.8) is 0 Å². The van der Waals surface area contributed by atoms with Gasteiger partial charge in [0.2, 0.25) is 0 Å². The summed E-state index contributed by atoms with van der Waals surface area (Å²) < 4.78 is 0. The van der Waals surface area contributed by atoms with Gasteiger partial charge in [-0.05, 0) is 24.3 Å². The molecule has 1 aromatic heterocycles. The zero-order valence-corrected chi connectivity index (χ0v) is 22.1. The van der Waals surface area contributed by atoms with Crippen LogP contribution in [0.25, 0.3) is 11.0 Å². The van der Waals surface area contributed by atoms with Gasteiger partial charge in [0.15, 0.2) is 0 Å². The first-order valence-corrected chi connectivity index (χ1v) is 7.25. The maximum Gasteiger partial charge on any atom is 0.0931 e. The predicted molar refractivity (Wildman–Crippen MR) is 107 cm³/mol. The zero-order valence-electron chi connectivity index (χ0n) is 16.5. The van der Waals surface area contributed by atoms with E-state index in [4.69, 9.17) is 11.5 Å². The van der Waals surface area contributed by atoms with Crippen LogP contribution in [0.4, 0.5) is 11.4 Å². The van der Waals surface area contributed by atoms with E-state index in [0.717, 1.165) is 11.0 Å². The minimum atomic E-state index is 0. The number of aromatic amines is 1. The van der Waals surface area contributed by atoms with Gasteiger partial charge in [-0.25, -0.2) is 4.98 Å². The molecule has 0 saturated heterocycles. The number of nitrogens with zero attached hydrogens (tertiary/aromatic N) is 1. The van der Waals surface area contributed by atoms with Crippen molar-refractivity contribution in [2.45, 2.75) is 27.7 Å². The number of nitrogens with one attached hydrogen (secondary N) is 1. The molecule has 0 fully saturated rings. The van der Waals surface area contributed by atoms with E-state index in [0.29, 0.717) is 11.4 Å². The Hall–Kier alpha value is -0.282. The van der Waals surface area contributed by atoms with E-state index in [1.165, 1.54) is 0 Å². The molecule has 6 heteroatoms. The maximum atomic E-state index is 5.39. The van der Waals surface area contributed by atoms with Crippen molar-refractivity contribution in [1.29, 1.82) is 0 Å². The first-order valence-electron chi connectivity index (χ1n) is 7.25. The fraction of sp³-hybridized carbons (Fsp3) is 0.211. The van der Waals surface area contributed by atoms with Crippen molar-refractivity contribution in [3.8, 4) is 0 Å². The standard InChI is InChI=1S/C7H6N2.C6H8N2.2C2H6.2CH3.2Y/c1-2-4-7-6(3-1)8-5-9-7;7-5-3-1-2-4-6(5)8;2*1-2;;;;/h1-5H,(H,8,9);1-4H,7-8H2;2*1-2H3;2*1H3;;/q;;;;2*-1;;. The Morgan fingerprint density at radius 1 is 0.720 bits per heavy atom. The van der Waals surface area contributed by atoms with Crippen LogP contribution in [-0.4, -0.2) is 9.97 Å². The summed E-state index contributed by atoms with van der Waals surface area (Å²) in [6.07, 6.45) is 1.70. The number of hydrogen-bond acceptors (Lipinski definition) is 3. The monoisotopic (exact) mass is 494 g/mol. The van der Waals surface area contributed by atoms with Gasteiger partial charge in [-0.2, -0.15) is 0 Å². The molecule has 1 heterocycles. The van der Waals surface area contributed by atoms with Gasteiger partial charge >= 0.3 is 0 Å². The number of H-pyrrole nitrogens is 1. The fourth-order valence-electron chi connectivity index (χ4n) is 1.39. The minimum absolute atomic E-state index is 0. The number of imidazole rings is 1. The second-order valence-corrected chi connectivity index (χ2v) is 3.55. The van der Waals surface area contributed by atoms with Crippen LogP contribution in [0.15, 0.2) is 54.9 Å². The summed E-state index contributed by atoms with van der Waals surface area (Å²) in [6.45, 7) is 8.00. The quantitative estimate of drug-likeness (QED) is 0.291. The normalized spacial score (nSPS) is 7.04. The molecule has 0 spiro atoms. The van der Waals surface area contributed by atoms with Crippen LogP contribution in [0.5, 0.6) is 0 Å². The molecule has 0 saturated carbocycles. The number of para-hydroxylation sites is 4. The van der Waals surface area contributed by atoms with E-state index in [-0.39, 0.29) is 80.3 Å². The molecular weight excluding hydrogens is 462 g/mol. The van der Waals surface area contributed by atoms with Crippen LogP contribution in [0.2, 0.25) is 0 Å². The van der Waals surface area contributed by atoms with Crippen LogP contribution < -0.4 is 11.5 Å². The Kier molecular flexibility index (Phi) is 33.9. The molecule has 4 nitrogen and oxygen atoms in total. The van der Waals surface area contributed by atoms with Crippen LogP contribution in [0.1, 0.15) is 27.7 Å². The molecule has 3 rings (SSSR count). The van der Waals surface area contributed by atoms with E-state index in [2.05, 4.69) is 9.97 Å². The maximum absolute atomic E-state index is 5.39. The van der Waals surface area contributed by atoms with Crippen molar-refractivity contribution < 1.29 is 65.4 Å². The molecular formula is C19H32N4Y2-2. The molecule has 5 N–H and O–H groups in total. The Labute approximate surface area is 204 Å². The second-order valence-electron chi connectivity index (χ2n) is 3.55. The third-order valence-electron chi connectivity index (χ3n) is 2.32. The zero-order chi connectivity index (χ0) is 16.1. The van der Waals surface area contributed by atoms with E-state index in [9.17, 15) is 0 Å². The van der Waals surface area contributed by atoms with Gasteiger partial charge in [0.05, 0.1) is 28.7 Å². The average Bonchev–Trinajstić information content (AvgIpc) is 3.03. The smallest absolute Gasteiger partial charge is 0.0931 e. The van der Waals surface area contributed by atoms with Crippen molar-refractivity contribution in [2.24, 2.45) is 0 Å². The first-order chi connectivity index (χ1) is 10.3. The van der Waals surface area contributed by atoms with E-state index >= 15 is 0 Å². The average molecular weight is 494 g/mol. The van der Waals surface area contributed by atoms with Gasteiger partial charge < -0.3 is 31.3 Å². The van der Waals surface area contributed by atoms with E-state index in [1.807, 2.05) is 64.1 Å². The Balaban J connectivity index is -0.0000000788. The van der Waals surface area contributed by atoms with E-state index < -0.39 is 0 Å². The number of hydrogen-bond donors (Lipinski definition) is 3. The van der Waals surface area contributed by atoms with Crippen LogP contribution in [-0.2, 0) is 65.4 Å². The summed E-state index contributed by atoms with van der Waals surface area (Å²) >= 11 is 0. The summed E-state index contributed by atoms with van der Waals surface area (Å²) in [5.41, 5.74) is 14.2. The number of nitrogen functional groups attached to an aromatic ring is 2. The second kappa shape index (κ2) is 23.7. The van der Waals surface area contributed by atoms with Gasteiger partial charge in [-0.3, -0.25) is 0 Å². The molecule has 3 aromatic rings. The van der Waals surface area contributed by atoms with Gasteiger partial charge in [0, 0.05) is 65.4 Å². The van der Waals surface area contributed by atoms with Crippen molar-refractivity contribution >= 4 is 22.4 Å². The van der Waals surface area contributed by atoms with Gasteiger partial charge in [-0.15, -0.1) is 0 Å². The largest absolute Gasteiger partial charge is 0.397 e. The number of fused-ring (bicyclic) bond motifs is 1. The molecule has 0 unspecified atom stereocenters. The Morgan fingerprint density at radius 3 is 1.52 bits per heavy atom. The molecule has 2 aromatic carbocycles. The van der Waals surface area contributed by atoms with Crippen LogP contribution in [0.3, 0.4) is 0 Å². The third kappa shape index (κ3) is 14.6. The molecule has 0 amide bonds. The number of rotatable bonds is 0. The van der Waals surface area contributed by atoms with Crippen LogP contribution >= 0.6 is 0 Å². The SMILES string of the molecule is CC.CC.Nc1ccccc1N.[CH3-].[CH3-].[Y].[Y].c1ccc2[nH]cnc2c1. The molecule has 0 aliphatic rings. The van der Waals surface area contributed by atoms with E-state index in [1.54, 1.807) is 18.5 Å². The van der Waals surface area contributed by atoms with Crippen molar-refractivity contribution in [3.05, 3.63) is 69.7 Å². The Morgan fingerprint density at radius 2 is 1.12 bits per heavy atom. The fourth-order valence-corrected chi connectivity index (χ4v) is 1.39.